The third-order valence-corrected chi connectivity index (χ3v) is 3.03. The first-order chi connectivity index (χ1) is 11.1. The van der Waals surface area contributed by atoms with E-state index in [4.69, 9.17) is 9.68 Å². The molecule has 0 amide bonds. The van der Waals surface area contributed by atoms with E-state index in [1.54, 1.807) is 38.1 Å². The highest BCUT2D eigenvalue weighted by molar-refractivity contribution is 5.98. The van der Waals surface area contributed by atoms with Crippen LogP contribution in [0.5, 0.6) is 0 Å². The number of benzene rings is 2. The van der Waals surface area contributed by atoms with Gasteiger partial charge in [0.15, 0.2) is 0 Å². The van der Waals surface area contributed by atoms with Crippen molar-refractivity contribution in [3.8, 4) is 0 Å². The Balaban J connectivity index is 1.82. The minimum Gasteiger partial charge on any atom is -0.352 e. The molecule has 0 atom stereocenters. The SMILES string of the molecule is C/C(=N\OCO/N=C(\C)c1ccc(F)cc1)c1ccc(F)cc1. The molecule has 0 saturated heterocycles. The first-order valence-corrected chi connectivity index (χ1v) is 6.91. The molecule has 0 unspecified atom stereocenters. The van der Waals surface area contributed by atoms with Crippen LogP contribution in [0, 0.1) is 11.6 Å². The minimum atomic E-state index is -0.309. The maximum absolute atomic E-state index is 12.8. The molecule has 0 spiro atoms. The van der Waals surface area contributed by atoms with E-state index in [0.717, 1.165) is 11.1 Å². The molecule has 0 saturated carbocycles. The Kier molecular flexibility index (Phi) is 5.80. The first kappa shape index (κ1) is 16.6. The second-order valence-electron chi connectivity index (χ2n) is 4.74. The zero-order chi connectivity index (χ0) is 16.7. The van der Waals surface area contributed by atoms with Gasteiger partial charge in [-0.25, -0.2) is 8.78 Å². The van der Waals surface area contributed by atoms with Crippen molar-refractivity contribution >= 4 is 11.4 Å². The Morgan fingerprint density at radius 3 is 1.43 bits per heavy atom. The Bertz CT molecular complexity index is 634. The van der Waals surface area contributed by atoms with Crippen molar-refractivity contribution in [3.05, 3.63) is 71.3 Å². The summed E-state index contributed by atoms with van der Waals surface area (Å²) in [5, 5.41) is 7.71. The molecule has 0 aliphatic carbocycles. The monoisotopic (exact) mass is 318 g/mol. The molecular formula is C17H16F2N2O2. The van der Waals surface area contributed by atoms with E-state index in [-0.39, 0.29) is 18.4 Å². The third kappa shape index (κ3) is 5.18. The summed E-state index contributed by atoms with van der Waals surface area (Å²) in [6.07, 6.45) is 0. The molecule has 120 valence electrons. The maximum Gasteiger partial charge on any atom is 0.280 e. The number of nitrogens with zero attached hydrogens (tertiary/aromatic N) is 2. The van der Waals surface area contributed by atoms with E-state index in [1.807, 2.05) is 0 Å². The summed E-state index contributed by atoms with van der Waals surface area (Å²) in [6.45, 7) is 3.30. The van der Waals surface area contributed by atoms with E-state index in [1.165, 1.54) is 24.3 Å². The van der Waals surface area contributed by atoms with Crippen LogP contribution >= 0.6 is 0 Å². The fourth-order valence-corrected chi connectivity index (χ4v) is 1.76. The average molecular weight is 318 g/mol. The molecule has 0 aliphatic rings. The summed E-state index contributed by atoms with van der Waals surface area (Å²) < 4.78 is 25.6. The van der Waals surface area contributed by atoms with Crippen molar-refractivity contribution in [2.24, 2.45) is 10.3 Å². The number of hydrogen-bond donors (Lipinski definition) is 0. The summed E-state index contributed by atoms with van der Waals surface area (Å²) in [4.78, 5) is 9.98. The highest BCUT2D eigenvalue weighted by Gasteiger charge is 2.00. The predicted octanol–water partition coefficient (Wildman–Crippen LogP) is 4.10. The predicted molar refractivity (Wildman–Crippen MR) is 84.3 cm³/mol. The molecule has 0 aliphatic heterocycles. The van der Waals surface area contributed by atoms with Crippen molar-refractivity contribution < 1.29 is 18.5 Å². The maximum atomic E-state index is 12.8. The van der Waals surface area contributed by atoms with Gasteiger partial charge < -0.3 is 9.68 Å². The molecule has 23 heavy (non-hydrogen) atoms. The van der Waals surface area contributed by atoms with E-state index in [0.29, 0.717) is 11.4 Å². The third-order valence-electron chi connectivity index (χ3n) is 3.03. The Morgan fingerprint density at radius 2 is 1.09 bits per heavy atom. The van der Waals surface area contributed by atoms with E-state index < -0.39 is 0 Å². The topological polar surface area (TPSA) is 43.2 Å². The van der Waals surface area contributed by atoms with Gasteiger partial charge >= 0.3 is 0 Å². The average Bonchev–Trinajstić information content (AvgIpc) is 2.55. The summed E-state index contributed by atoms with van der Waals surface area (Å²) in [7, 11) is 0. The van der Waals surface area contributed by atoms with Crippen LogP contribution in [0.2, 0.25) is 0 Å². The van der Waals surface area contributed by atoms with Crippen molar-refractivity contribution in [1.29, 1.82) is 0 Å². The van der Waals surface area contributed by atoms with Crippen LogP contribution in [0.15, 0.2) is 58.8 Å². The van der Waals surface area contributed by atoms with Gasteiger partial charge in [-0.2, -0.15) is 0 Å². The van der Waals surface area contributed by atoms with Crippen LogP contribution in [-0.2, 0) is 9.68 Å². The molecule has 2 rings (SSSR count). The first-order valence-electron chi connectivity index (χ1n) is 6.91. The highest BCUT2D eigenvalue weighted by atomic mass is 19.1. The summed E-state index contributed by atoms with van der Waals surface area (Å²) in [6, 6.07) is 11.8. The lowest BCUT2D eigenvalue weighted by atomic mass is 10.1. The molecule has 0 heterocycles. The fraction of sp³-hybridized carbons (Fsp3) is 0.176. The van der Waals surface area contributed by atoms with Gasteiger partial charge in [0, 0.05) is 0 Å². The Hall–Kier alpha value is -2.76. The number of hydrogen-bond acceptors (Lipinski definition) is 4. The van der Waals surface area contributed by atoms with Crippen molar-refractivity contribution in [2.45, 2.75) is 13.8 Å². The second-order valence-corrected chi connectivity index (χ2v) is 4.74. The molecule has 0 aromatic heterocycles. The van der Waals surface area contributed by atoms with Gasteiger partial charge in [-0.3, -0.25) is 0 Å². The van der Waals surface area contributed by atoms with Crippen LogP contribution in [0.25, 0.3) is 0 Å². The molecule has 4 nitrogen and oxygen atoms in total. The van der Waals surface area contributed by atoms with E-state index >= 15 is 0 Å². The smallest absolute Gasteiger partial charge is 0.280 e. The second kappa shape index (κ2) is 8.03. The lowest BCUT2D eigenvalue weighted by Crippen LogP contribution is -2.00. The molecule has 2 aromatic carbocycles. The zero-order valence-corrected chi connectivity index (χ0v) is 12.8. The van der Waals surface area contributed by atoms with Gasteiger partial charge in [0.1, 0.15) is 11.6 Å². The van der Waals surface area contributed by atoms with Crippen molar-refractivity contribution in [1.82, 2.24) is 0 Å². The molecule has 0 fully saturated rings. The summed E-state index contributed by atoms with van der Waals surface area (Å²) in [5.41, 5.74) is 2.68. The lowest BCUT2D eigenvalue weighted by Gasteiger charge is -2.03. The highest BCUT2D eigenvalue weighted by Crippen LogP contribution is 2.06. The van der Waals surface area contributed by atoms with Crippen molar-refractivity contribution in [2.75, 3.05) is 6.79 Å². The van der Waals surface area contributed by atoms with Crippen LogP contribution in [0.1, 0.15) is 25.0 Å². The molecule has 0 N–H and O–H groups in total. The van der Waals surface area contributed by atoms with E-state index in [2.05, 4.69) is 10.3 Å². The fourth-order valence-electron chi connectivity index (χ4n) is 1.76. The lowest BCUT2D eigenvalue weighted by molar-refractivity contribution is -0.0505. The van der Waals surface area contributed by atoms with Crippen LogP contribution in [0.3, 0.4) is 0 Å². The van der Waals surface area contributed by atoms with Gasteiger partial charge in [-0.15, -0.1) is 0 Å². The summed E-state index contributed by atoms with van der Waals surface area (Å²) >= 11 is 0. The van der Waals surface area contributed by atoms with Gasteiger partial charge in [0.25, 0.3) is 6.79 Å². The summed E-state index contributed by atoms with van der Waals surface area (Å²) in [5.74, 6) is -0.618. The minimum absolute atomic E-state index is 0.170. The van der Waals surface area contributed by atoms with Gasteiger partial charge in [-0.1, -0.05) is 34.6 Å². The van der Waals surface area contributed by atoms with Crippen LogP contribution in [0.4, 0.5) is 8.78 Å². The number of oxime groups is 2. The molecule has 0 radical (unpaired) electrons. The molecule has 2 aromatic rings. The largest absolute Gasteiger partial charge is 0.352 e. The number of rotatable bonds is 6. The van der Waals surface area contributed by atoms with Crippen LogP contribution < -0.4 is 0 Å². The molecule has 0 bridgehead atoms. The van der Waals surface area contributed by atoms with E-state index in [9.17, 15) is 8.78 Å². The standard InChI is InChI=1S/C17H16F2N2O2/c1-12(14-3-7-16(18)8-4-14)20-22-11-23-21-13(2)15-5-9-17(19)10-6-15/h3-10H,11H2,1-2H3/b20-12+,21-13+. The van der Waals surface area contributed by atoms with Gasteiger partial charge in [-0.05, 0) is 49.2 Å². The normalized spacial score (nSPS) is 12.2. The van der Waals surface area contributed by atoms with Crippen molar-refractivity contribution in [3.63, 3.8) is 0 Å². The van der Waals surface area contributed by atoms with Gasteiger partial charge in [0.05, 0.1) is 11.4 Å². The quantitative estimate of drug-likeness (QED) is 0.348. The van der Waals surface area contributed by atoms with Gasteiger partial charge in [0.2, 0.25) is 0 Å². The molecule has 6 heteroatoms. The Labute approximate surface area is 133 Å². The van der Waals surface area contributed by atoms with Crippen LogP contribution in [-0.4, -0.2) is 18.2 Å². The number of halogens is 2. The molecular weight excluding hydrogens is 302 g/mol. The Morgan fingerprint density at radius 1 is 0.739 bits per heavy atom. The zero-order valence-electron chi connectivity index (χ0n) is 12.8.